The van der Waals surface area contributed by atoms with E-state index in [0.29, 0.717) is 23.1 Å². The summed E-state index contributed by atoms with van der Waals surface area (Å²) in [4.78, 5) is 23.4. The third-order valence-corrected chi connectivity index (χ3v) is 4.98. The number of hydrogen-bond acceptors (Lipinski definition) is 3. The van der Waals surface area contributed by atoms with Gasteiger partial charge in [0.05, 0.1) is 0 Å². The molecular formula is C22H34O5. The Balaban J connectivity index is 3.75. The Kier molecular flexibility index (Phi) is 7.09. The number of rotatable bonds is 7. The van der Waals surface area contributed by atoms with Crippen LogP contribution in [0.15, 0.2) is 12.1 Å². The molecule has 0 bridgehead atoms. The van der Waals surface area contributed by atoms with E-state index >= 15 is 0 Å². The first-order chi connectivity index (χ1) is 12.2. The molecule has 0 amide bonds. The molecule has 1 rings (SSSR count). The normalized spacial score (nSPS) is 13.6. The Hall–Kier alpha value is -2.04. The summed E-state index contributed by atoms with van der Waals surface area (Å²) in [7, 11) is 0. The zero-order chi connectivity index (χ0) is 21.2. The van der Waals surface area contributed by atoms with Crippen LogP contribution in [0.25, 0.3) is 0 Å². The molecule has 0 spiro atoms. The third-order valence-electron chi connectivity index (χ3n) is 4.98. The SMILES string of the molecule is CCCCC(c1cc(C(C)(C)C)c(O)c(C(C)(C)C)c1)C(C(=O)O)C(=O)O. The third kappa shape index (κ3) is 5.47. The van der Waals surface area contributed by atoms with Crippen LogP contribution in [-0.2, 0) is 20.4 Å². The number of carboxylic acid groups (broad SMARTS) is 2. The number of aliphatic carboxylic acids is 2. The molecule has 0 aromatic heterocycles. The molecule has 1 aromatic carbocycles. The molecule has 3 N–H and O–H groups in total. The summed E-state index contributed by atoms with van der Waals surface area (Å²) in [6, 6.07) is 3.59. The molecule has 0 saturated heterocycles. The molecule has 0 aliphatic rings. The molecule has 5 nitrogen and oxygen atoms in total. The van der Waals surface area contributed by atoms with Crippen molar-refractivity contribution >= 4 is 11.9 Å². The molecule has 0 saturated carbocycles. The molecule has 152 valence electrons. The Morgan fingerprint density at radius 2 is 1.33 bits per heavy atom. The highest BCUT2D eigenvalue weighted by atomic mass is 16.4. The molecule has 1 atom stereocenters. The van der Waals surface area contributed by atoms with Crippen molar-refractivity contribution in [3.63, 3.8) is 0 Å². The number of aromatic hydroxyl groups is 1. The van der Waals surface area contributed by atoms with Gasteiger partial charge >= 0.3 is 11.9 Å². The Morgan fingerprint density at radius 1 is 0.926 bits per heavy atom. The van der Waals surface area contributed by atoms with Crippen molar-refractivity contribution in [3.8, 4) is 5.75 Å². The summed E-state index contributed by atoms with van der Waals surface area (Å²) < 4.78 is 0. The van der Waals surface area contributed by atoms with Crippen LogP contribution in [0, 0.1) is 5.92 Å². The van der Waals surface area contributed by atoms with Crippen LogP contribution in [0.3, 0.4) is 0 Å². The van der Waals surface area contributed by atoms with Crippen molar-refractivity contribution in [1.29, 1.82) is 0 Å². The van der Waals surface area contributed by atoms with E-state index < -0.39 is 23.8 Å². The zero-order valence-electron chi connectivity index (χ0n) is 17.6. The van der Waals surface area contributed by atoms with Gasteiger partial charge in [-0.15, -0.1) is 0 Å². The average Bonchev–Trinajstić information content (AvgIpc) is 2.48. The topological polar surface area (TPSA) is 94.8 Å². The average molecular weight is 379 g/mol. The first kappa shape index (κ1) is 23.0. The van der Waals surface area contributed by atoms with Gasteiger partial charge < -0.3 is 15.3 Å². The second-order valence-corrected chi connectivity index (χ2v) is 9.37. The fraction of sp³-hybridized carbons (Fsp3) is 0.636. The number of carbonyl (C=O) groups is 2. The predicted molar refractivity (Wildman–Crippen MR) is 107 cm³/mol. The summed E-state index contributed by atoms with van der Waals surface area (Å²) in [5.41, 5.74) is 1.36. The van der Waals surface area contributed by atoms with Gasteiger partial charge in [0, 0.05) is 5.92 Å². The van der Waals surface area contributed by atoms with Gasteiger partial charge in [-0.1, -0.05) is 73.4 Å². The van der Waals surface area contributed by atoms with Crippen molar-refractivity contribution < 1.29 is 24.9 Å². The Bertz CT molecular complexity index is 643. The number of unbranched alkanes of at least 4 members (excludes halogenated alkanes) is 1. The summed E-state index contributed by atoms with van der Waals surface area (Å²) >= 11 is 0. The maximum atomic E-state index is 11.7. The first-order valence-electron chi connectivity index (χ1n) is 9.55. The molecule has 1 aromatic rings. The highest BCUT2D eigenvalue weighted by Gasteiger charge is 2.37. The van der Waals surface area contributed by atoms with Gasteiger partial charge in [-0.3, -0.25) is 9.59 Å². The lowest BCUT2D eigenvalue weighted by Gasteiger charge is -2.31. The van der Waals surface area contributed by atoms with E-state index in [0.717, 1.165) is 12.8 Å². The summed E-state index contributed by atoms with van der Waals surface area (Å²) in [6.45, 7) is 13.9. The minimum atomic E-state index is -1.51. The van der Waals surface area contributed by atoms with Crippen molar-refractivity contribution in [1.82, 2.24) is 0 Å². The van der Waals surface area contributed by atoms with Crippen molar-refractivity contribution in [2.45, 2.75) is 84.5 Å². The molecule has 0 heterocycles. The molecular weight excluding hydrogens is 344 g/mol. The summed E-state index contributed by atoms with van der Waals surface area (Å²) in [6.07, 6.45) is 2.05. The number of hydrogen-bond donors (Lipinski definition) is 3. The standard InChI is InChI=1S/C22H34O5/c1-8-9-10-14(17(19(24)25)20(26)27)13-11-15(21(2,3)4)18(23)16(12-13)22(5,6)7/h11-12,14,17,23H,8-10H2,1-7H3,(H,24,25)(H,26,27). The monoisotopic (exact) mass is 378 g/mol. The second kappa shape index (κ2) is 8.32. The van der Waals surface area contributed by atoms with E-state index in [9.17, 15) is 24.9 Å². The molecule has 27 heavy (non-hydrogen) atoms. The predicted octanol–water partition coefficient (Wildman–Crippen LogP) is 5.05. The van der Waals surface area contributed by atoms with Crippen LogP contribution in [0.1, 0.15) is 90.3 Å². The molecule has 0 fully saturated rings. The highest BCUT2D eigenvalue weighted by molar-refractivity contribution is 5.94. The molecule has 0 aliphatic carbocycles. The lowest BCUT2D eigenvalue weighted by atomic mass is 9.74. The quantitative estimate of drug-likeness (QED) is 0.577. The number of phenolic OH excluding ortho intramolecular Hbond substituents is 1. The Labute approximate surface area is 162 Å². The van der Waals surface area contributed by atoms with E-state index in [1.54, 1.807) is 12.1 Å². The highest BCUT2D eigenvalue weighted by Crippen LogP contribution is 2.43. The minimum absolute atomic E-state index is 0.204. The lowest BCUT2D eigenvalue weighted by Crippen LogP contribution is -2.30. The zero-order valence-corrected chi connectivity index (χ0v) is 17.6. The van der Waals surface area contributed by atoms with Crippen LogP contribution in [0.2, 0.25) is 0 Å². The number of benzene rings is 1. The van der Waals surface area contributed by atoms with Crippen molar-refractivity contribution in [2.24, 2.45) is 5.92 Å². The van der Waals surface area contributed by atoms with Crippen LogP contribution in [-0.4, -0.2) is 27.3 Å². The van der Waals surface area contributed by atoms with Gasteiger partial charge in [0.15, 0.2) is 5.92 Å². The smallest absolute Gasteiger partial charge is 0.318 e. The van der Waals surface area contributed by atoms with Gasteiger partial charge in [-0.2, -0.15) is 0 Å². The van der Waals surface area contributed by atoms with Gasteiger partial charge in [-0.25, -0.2) is 0 Å². The minimum Gasteiger partial charge on any atom is -0.507 e. The lowest BCUT2D eigenvalue weighted by molar-refractivity contribution is -0.155. The van der Waals surface area contributed by atoms with Crippen LogP contribution < -0.4 is 0 Å². The Morgan fingerprint density at radius 3 is 1.63 bits per heavy atom. The fourth-order valence-electron chi connectivity index (χ4n) is 3.41. The van der Waals surface area contributed by atoms with E-state index in [1.807, 2.05) is 48.5 Å². The molecule has 0 aliphatic heterocycles. The molecule has 0 radical (unpaired) electrons. The maximum absolute atomic E-state index is 11.7. The van der Waals surface area contributed by atoms with E-state index in [2.05, 4.69) is 0 Å². The van der Waals surface area contributed by atoms with Gasteiger partial charge in [0.1, 0.15) is 5.75 Å². The van der Waals surface area contributed by atoms with Crippen LogP contribution >= 0.6 is 0 Å². The number of phenols is 1. The molecule has 1 unspecified atom stereocenters. The summed E-state index contributed by atoms with van der Waals surface area (Å²) in [5.74, 6) is -4.61. The van der Waals surface area contributed by atoms with Crippen molar-refractivity contribution in [3.05, 3.63) is 28.8 Å². The summed E-state index contributed by atoms with van der Waals surface area (Å²) in [5, 5.41) is 30.0. The maximum Gasteiger partial charge on any atom is 0.318 e. The van der Waals surface area contributed by atoms with Crippen LogP contribution in [0.4, 0.5) is 0 Å². The largest absolute Gasteiger partial charge is 0.507 e. The fourth-order valence-corrected chi connectivity index (χ4v) is 3.41. The second-order valence-electron chi connectivity index (χ2n) is 9.37. The number of carboxylic acids is 2. The van der Waals surface area contributed by atoms with Gasteiger partial charge in [-0.05, 0) is 33.9 Å². The van der Waals surface area contributed by atoms with E-state index in [1.165, 1.54) is 0 Å². The van der Waals surface area contributed by atoms with Gasteiger partial charge in [0.2, 0.25) is 0 Å². The van der Waals surface area contributed by atoms with Gasteiger partial charge in [0.25, 0.3) is 0 Å². The van der Waals surface area contributed by atoms with E-state index in [-0.39, 0.29) is 16.6 Å². The first-order valence-corrected chi connectivity index (χ1v) is 9.55. The van der Waals surface area contributed by atoms with Crippen LogP contribution in [0.5, 0.6) is 5.75 Å². The molecule has 5 heteroatoms. The van der Waals surface area contributed by atoms with Crippen molar-refractivity contribution in [2.75, 3.05) is 0 Å². The van der Waals surface area contributed by atoms with E-state index in [4.69, 9.17) is 0 Å².